The Hall–Kier alpha value is -3.93. The first kappa shape index (κ1) is 22.3. The largest absolute Gasteiger partial charge is 0.388 e. The Morgan fingerprint density at radius 2 is 2.21 bits per heavy atom. The Kier molecular flexibility index (Phi) is 6.83. The number of ether oxygens (including phenoxy) is 1. The minimum absolute atomic E-state index is 0.0884. The number of carbonyl (C=O) groups excluding carboxylic acids is 1. The molecular weight excluding hydrogens is 424 g/mol. The minimum atomic E-state index is -0.265. The van der Waals surface area contributed by atoms with E-state index in [-0.39, 0.29) is 17.9 Å². The number of nitrogens with zero attached hydrogens (tertiary/aromatic N) is 6. The second-order valence-corrected chi connectivity index (χ2v) is 7.75. The zero-order valence-electron chi connectivity index (χ0n) is 18.2. The fourth-order valence-electron chi connectivity index (χ4n) is 3.74. The summed E-state index contributed by atoms with van der Waals surface area (Å²) in [6.45, 7) is 1.22. The molecule has 12 heteroatoms. The van der Waals surface area contributed by atoms with Gasteiger partial charge in [-0.15, -0.1) is 5.10 Å². The number of fused-ring (bicyclic) bond motifs is 1. The van der Waals surface area contributed by atoms with E-state index in [1.54, 1.807) is 31.8 Å². The molecule has 0 radical (unpaired) electrons. The lowest BCUT2D eigenvalue weighted by molar-refractivity contribution is -0.121. The first-order valence-corrected chi connectivity index (χ1v) is 10.6. The van der Waals surface area contributed by atoms with Gasteiger partial charge in [-0.1, -0.05) is 5.21 Å². The van der Waals surface area contributed by atoms with Gasteiger partial charge >= 0.3 is 0 Å². The molecule has 172 valence electrons. The van der Waals surface area contributed by atoms with Crippen LogP contribution in [0.15, 0.2) is 30.7 Å². The molecule has 1 amide bonds. The normalized spacial score (nSPS) is 18.4. The zero-order chi connectivity index (χ0) is 23.2. The molecule has 1 fully saturated rings. The van der Waals surface area contributed by atoms with Gasteiger partial charge in [0.25, 0.3) is 0 Å². The zero-order valence-corrected chi connectivity index (χ0v) is 18.2. The van der Waals surface area contributed by atoms with Crippen molar-refractivity contribution < 1.29 is 9.53 Å². The third-order valence-corrected chi connectivity index (χ3v) is 5.52. The number of carbonyl (C=O) groups is 1. The molecule has 0 aromatic carbocycles. The number of pyridine rings is 1. The van der Waals surface area contributed by atoms with Crippen LogP contribution >= 0.6 is 0 Å². The van der Waals surface area contributed by atoms with Crippen LogP contribution in [0.5, 0.6) is 0 Å². The van der Waals surface area contributed by atoms with Crippen LogP contribution in [-0.4, -0.2) is 68.4 Å². The van der Waals surface area contributed by atoms with Crippen molar-refractivity contribution in [3.05, 3.63) is 36.3 Å². The molecule has 0 spiro atoms. The number of nitrogens with one attached hydrogen (secondary N) is 3. The average Bonchev–Trinajstić information content (AvgIpc) is 3.47. The quantitative estimate of drug-likeness (QED) is 0.259. The number of allylic oxidation sites excluding steroid dienone is 1. The maximum Gasteiger partial charge on any atom is 0.225 e. The van der Waals surface area contributed by atoms with Crippen LogP contribution in [0.1, 0.15) is 24.8 Å². The van der Waals surface area contributed by atoms with Gasteiger partial charge in [-0.25, -0.2) is 9.97 Å². The monoisotopic (exact) mass is 450 g/mol. The molecule has 1 saturated carbocycles. The van der Waals surface area contributed by atoms with Crippen LogP contribution in [0.25, 0.3) is 22.6 Å². The van der Waals surface area contributed by atoms with Gasteiger partial charge in [0.2, 0.25) is 11.9 Å². The lowest BCUT2D eigenvalue weighted by Crippen LogP contribution is -2.23. The summed E-state index contributed by atoms with van der Waals surface area (Å²) in [5, 5.41) is 22.3. The molecule has 1 aliphatic rings. The van der Waals surface area contributed by atoms with Crippen molar-refractivity contribution in [2.45, 2.75) is 25.3 Å². The van der Waals surface area contributed by atoms with Crippen molar-refractivity contribution >= 4 is 34.8 Å². The molecule has 0 saturated heterocycles. The number of primary amides is 1. The van der Waals surface area contributed by atoms with Crippen molar-refractivity contribution in [1.82, 2.24) is 35.3 Å². The fourth-order valence-corrected chi connectivity index (χ4v) is 3.74. The highest BCUT2D eigenvalue weighted by atomic mass is 16.5. The molecular formula is C21H26N10O2. The van der Waals surface area contributed by atoms with Crippen LogP contribution < -0.4 is 16.4 Å². The van der Waals surface area contributed by atoms with Crippen LogP contribution in [-0.2, 0) is 9.53 Å². The molecule has 3 aromatic rings. The molecule has 5 N–H and O–H groups in total. The predicted octanol–water partition coefficient (Wildman–Crippen LogP) is 0.898. The summed E-state index contributed by atoms with van der Waals surface area (Å²) in [5.41, 5.74) is 7.95. The molecule has 0 unspecified atom stereocenters. The predicted molar refractivity (Wildman–Crippen MR) is 123 cm³/mol. The Morgan fingerprint density at radius 1 is 1.33 bits per heavy atom. The summed E-state index contributed by atoms with van der Waals surface area (Å²) >= 11 is 0. The summed E-state index contributed by atoms with van der Waals surface area (Å²) in [7, 11) is 1.64. The van der Waals surface area contributed by atoms with E-state index in [0.717, 1.165) is 18.4 Å². The van der Waals surface area contributed by atoms with Gasteiger partial charge in [0.1, 0.15) is 0 Å². The number of anilines is 1. The van der Waals surface area contributed by atoms with Crippen molar-refractivity contribution in [2.24, 2.45) is 11.7 Å². The molecule has 12 nitrogen and oxygen atoms in total. The SMILES string of the molecule is COCCN/C=C(\C=N)c1ccc(-n2nnc3cnc(N[C@@H]4CC[C@@H](C(N)=O)C4)nc32)nc1. The number of nitrogens with two attached hydrogens (primary N) is 1. The Bertz CT molecular complexity index is 1160. The summed E-state index contributed by atoms with van der Waals surface area (Å²) in [5.74, 6) is 0.599. The molecule has 3 heterocycles. The van der Waals surface area contributed by atoms with Crippen LogP contribution in [0.4, 0.5) is 5.95 Å². The highest BCUT2D eigenvalue weighted by Gasteiger charge is 2.28. The van der Waals surface area contributed by atoms with Gasteiger partial charge in [-0.05, 0) is 31.4 Å². The first-order valence-electron chi connectivity index (χ1n) is 10.6. The van der Waals surface area contributed by atoms with E-state index in [2.05, 4.69) is 35.9 Å². The average molecular weight is 451 g/mol. The maximum absolute atomic E-state index is 11.4. The van der Waals surface area contributed by atoms with E-state index in [9.17, 15) is 4.79 Å². The number of hydrogen-bond acceptors (Lipinski definition) is 10. The molecule has 3 aromatic heterocycles. The lowest BCUT2D eigenvalue weighted by Gasteiger charge is -2.12. The number of aromatic nitrogens is 6. The molecule has 1 aliphatic carbocycles. The summed E-state index contributed by atoms with van der Waals surface area (Å²) in [6, 6.07) is 3.73. The van der Waals surface area contributed by atoms with E-state index in [0.29, 0.717) is 48.1 Å². The molecule has 2 atom stereocenters. The maximum atomic E-state index is 11.4. The van der Waals surface area contributed by atoms with Crippen molar-refractivity contribution in [2.75, 3.05) is 25.6 Å². The van der Waals surface area contributed by atoms with Crippen molar-refractivity contribution in [1.29, 1.82) is 5.41 Å². The van der Waals surface area contributed by atoms with E-state index < -0.39 is 0 Å². The molecule has 0 bridgehead atoms. The number of rotatable bonds is 10. The highest BCUT2D eigenvalue weighted by Crippen LogP contribution is 2.27. The van der Waals surface area contributed by atoms with E-state index in [4.69, 9.17) is 15.9 Å². The second-order valence-electron chi connectivity index (χ2n) is 7.75. The molecule has 33 heavy (non-hydrogen) atoms. The first-order chi connectivity index (χ1) is 16.1. The van der Waals surface area contributed by atoms with E-state index >= 15 is 0 Å². The second kappa shape index (κ2) is 10.1. The smallest absolute Gasteiger partial charge is 0.225 e. The van der Waals surface area contributed by atoms with Crippen molar-refractivity contribution in [3.63, 3.8) is 0 Å². The Balaban J connectivity index is 1.51. The highest BCUT2D eigenvalue weighted by molar-refractivity contribution is 6.08. The third kappa shape index (κ3) is 5.12. The number of amides is 1. The Morgan fingerprint density at radius 3 is 2.91 bits per heavy atom. The standard InChI is InChI=1S/C21H26N10O2/c1-33-7-6-24-10-15(9-22)14-3-5-18(25-11-14)31-20-17(29-30-31)12-26-21(28-20)27-16-4-2-13(8-16)19(23)32/h3,5,9-13,16,22,24H,2,4,6-8H2,1H3,(H2,23,32)(H,26,27,28)/b15-10+,22-9?/t13-,16-/m1/s1. The van der Waals surface area contributed by atoms with Gasteiger partial charge in [0.15, 0.2) is 17.0 Å². The molecule has 4 rings (SSSR count). The van der Waals surface area contributed by atoms with Crippen molar-refractivity contribution in [3.8, 4) is 5.82 Å². The Labute approximate surface area is 190 Å². The van der Waals surface area contributed by atoms with Gasteiger partial charge in [0, 0.05) is 55.4 Å². The minimum Gasteiger partial charge on any atom is -0.388 e. The topological polar surface area (TPSA) is 170 Å². The summed E-state index contributed by atoms with van der Waals surface area (Å²) in [6.07, 6.45) is 8.55. The summed E-state index contributed by atoms with van der Waals surface area (Å²) in [4.78, 5) is 24.8. The fraction of sp³-hybridized carbons (Fsp3) is 0.381. The van der Waals surface area contributed by atoms with Gasteiger partial charge in [-0.3, -0.25) is 4.79 Å². The van der Waals surface area contributed by atoms with E-state index in [1.807, 2.05) is 6.07 Å². The lowest BCUT2D eigenvalue weighted by atomic mass is 10.1. The van der Waals surface area contributed by atoms with Gasteiger partial charge in [0.05, 0.1) is 12.8 Å². The van der Waals surface area contributed by atoms with Crippen LogP contribution in [0.2, 0.25) is 0 Å². The van der Waals surface area contributed by atoms with Crippen LogP contribution in [0.3, 0.4) is 0 Å². The van der Waals surface area contributed by atoms with E-state index in [1.165, 1.54) is 10.9 Å². The third-order valence-electron chi connectivity index (χ3n) is 5.52. The van der Waals surface area contributed by atoms with Crippen LogP contribution in [0, 0.1) is 11.3 Å². The number of methoxy groups -OCH3 is 1. The number of hydrogen-bond donors (Lipinski definition) is 4. The molecule has 0 aliphatic heterocycles. The van der Waals surface area contributed by atoms with Gasteiger partial charge in [-0.2, -0.15) is 9.67 Å². The van der Waals surface area contributed by atoms with Gasteiger partial charge < -0.3 is 26.5 Å². The summed E-state index contributed by atoms with van der Waals surface area (Å²) < 4.78 is 6.54.